The molecule has 1 saturated heterocycles. The smallest absolute Gasteiger partial charge is 0.0995 e. The van der Waals surface area contributed by atoms with E-state index in [0.717, 1.165) is 0 Å². The molecule has 0 aliphatic carbocycles. The summed E-state index contributed by atoms with van der Waals surface area (Å²) in [7, 11) is 0. The Balaban J connectivity index is 3.24. The molecule has 0 aromatic rings. The molecule has 1 rings (SSSR count). The third-order valence-electron chi connectivity index (χ3n) is 3.57. The number of aliphatic hydroxyl groups excluding tert-OH is 2. The molecule has 90 valence electrons. The maximum atomic E-state index is 10.1. The zero-order valence-electron chi connectivity index (χ0n) is 11.0. The summed E-state index contributed by atoms with van der Waals surface area (Å²) in [4.78, 5) is 2.21. The second-order valence-electron chi connectivity index (χ2n) is 6.70. The van der Waals surface area contributed by atoms with Gasteiger partial charge < -0.3 is 10.2 Å². The van der Waals surface area contributed by atoms with Crippen LogP contribution in [0.15, 0.2) is 0 Å². The van der Waals surface area contributed by atoms with E-state index in [1.54, 1.807) is 0 Å². The molecular weight excluding hydrogens is 190 g/mol. The van der Waals surface area contributed by atoms with Crippen molar-refractivity contribution in [2.45, 2.75) is 77.3 Å². The second kappa shape index (κ2) is 3.19. The summed E-state index contributed by atoms with van der Waals surface area (Å²) in [5.41, 5.74) is -0.881. The van der Waals surface area contributed by atoms with E-state index in [-0.39, 0.29) is 5.54 Å². The first kappa shape index (κ1) is 12.9. The van der Waals surface area contributed by atoms with Gasteiger partial charge in [-0.1, -0.05) is 0 Å². The second-order valence-corrected chi connectivity index (χ2v) is 6.70. The molecule has 0 bridgehead atoms. The minimum absolute atomic E-state index is 0.0779. The van der Waals surface area contributed by atoms with Crippen LogP contribution in [-0.2, 0) is 0 Å². The Kier molecular flexibility index (Phi) is 2.75. The molecule has 1 aliphatic heterocycles. The first-order valence-corrected chi connectivity index (χ1v) is 5.60. The highest BCUT2D eigenvalue weighted by atomic mass is 16.3. The Morgan fingerprint density at radius 2 is 1.13 bits per heavy atom. The third kappa shape index (κ3) is 1.71. The highest BCUT2D eigenvalue weighted by Crippen LogP contribution is 2.45. The molecule has 0 aromatic carbocycles. The van der Waals surface area contributed by atoms with E-state index in [9.17, 15) is 10.2 Å². The lowest BCUT2D eigenvalue weighted by Gasteiger charge is -2.49. The Morgan fingerprint density at radius 3 is 1.27 bits per heavy atom. The number of likely N-dealkylation sites (tertiary alicyclic amines) is 1. The molecule has 1 aliphatic rings. The molecule has 0 spiro atoms. The molecular formula is C12H25NO2. The summed E-state index contributed by atoms with van der Waals surface area (Å²) < 4.78 is 0. The van der Waals surface area contributed by atoms with Crippen molar-refractivity contribution in [1.29, 1.82) is 0 Å². The van der Waals surface area contributed by atoms with E-state index in [1.165, 1.54) is 0 Å². The molecule has 2 N–H and O–H groups in total. The van der Waals surface area contributed by atoms with E-state index >= 15 is 0 Å². The lowest BCUT2D eigenvalue weighted by molar-refractivity contribution is -0.0378. The predicted octanol–water partition coefficient (Wildman–Crippen LogP) is 1.38. The van der Waals surface area contributed by atoms with Crippen molar-refractivity contribution in [3.63, 3.8) is 0 Å². The van der Waals surface area contributed by atoms with Crippen molar-refractivity contribution in [3.05, 3.63) is 0 Å². The van der Waals surface area contributed by atoms with Crippen molar-refractivity contribution in [2.24, 2.45) is 0 Å². The zero-order valence-corrected chi connectivity index (χ0v) is 11.0. The Morgan fingerprint density at radius 1 is 0.867 bits per heavy atom. The van der Waals surface area contributed by atoms with Crippen LogP contribution in [0.1, 0.15) is 48.5 Å². The zero-order chi connectivity index (χ0) is 12.2. The van der Waals surface area contributed by atoms with Gasteiger partial charge in [0.2, 0.25) is 0 Å². The van der Waals surface area contributed by atoms with Crippen LogP contribution in [0.3, 0.4) is 0 Å². The van der Waals surface area contributed by atoms with Gasteiger partial charge in [0.15, 0.2) is 0 Å². The van der Waals surface area contributed by atoms with Gasteiger partial charge in [-0.05, 0) is 48.5 Å². The highest BCUT2D eigenvalue weighted by Gasteiger charge is 2.60. The average Bonchev–Trinajstić information content (AvgIpc) is 2.06. The van der Waals surface area contributed by atoms with Crippen LogP contribution in [0.5, 0.6) is 0 Å². The molecule has 3 nitrogen and oxygen atoms in total. The fourth-order valence-corrected chi connectivity index (χ4v) is 3.51. The summed E-state index contributed by atoms with van der Waals surface area (Å²) in [6.07, 6.45) is -1.40. The number of aliphatic hydroxyl groups is 2. The van der Waals surface area contributed by atoms with E-state index in [4.69, 9.17) is 0 Å². The van der Waals surface area contributed by atoms with Crippen molar-refractivity contribution in [1.82, 2.24) is 4.90 Å². The Labute approximate surface area is 93.1 Å². The number of nitrogens with zero attached hydrogens (tertiary/aromatic N) is 1. The summed E-state index contributed by atoms with van der Waals surface area (Å²) in [6.45, 7) is 14.3. The topological polar surface area (TPSA) is 43.7 Å². The van der Waals surface area contributed by atoms with Gasteiger partial charge in [-0.25, -0.2) is 0 Å². The SMILES string of the molecule is CC(C)(C)N1C(C)(C)[C@@H](O)[C@H](O)C1(C)C. The lowest BCUT2D eigenvalue weighted by atomic mass is 9.93. The van der Waals surface area contributed by atoms with E-state index in [0.29, 0.717) is 0 Å². The minimum atomic E-state index is -0.702. The van der Waals surface area contributed by atoms with Gasteiger partial charge in [0.05, 0.1) is 12.2 Å². The van der Waals surface area contributed by atoms with Crippen LogP contribution in [0, 0.1) is 0 Å². The Hall–Kier alpha value is -0.120. The summed E-state index contributed by atoms with van der Waals surface area (Å²) >= 11 is 0. The van der Waals surface area contributed by atoms with Gasteiger partial charge in [-0.3, -0.25) is 4.90 Å². The maximum Gasteiger partial charge on any atom is 0.0995 e. The quantitative estimate of drug-likeness (QED) is 0.641. The molecule has 2 atom stereocenters. The molecule has 3 heteroatoms. The van der Waals surface area contributed by atoms with Crippen LogP contribution in [-0.4, -0.2) is 43.9 Å². The molecule has 0 aromatic heterocycles. The molecule has 0 unspecified atom stereocenters. The van der Waals surface area contributed by atoms with Gasteiger partial charge in [-0.2, -0.15) is 0 Å². The van der Waals surface area contributed by atoms with Crippen LogP contribution < -0.4 is 0 Å². The number of hydrogen-bond donors (Lipinski definition) is 2. The fourth-order valence-electron chi connectivity index (χ4n) is 3.51. The number of hydrogen-bond acceptors (Lipinski definition) is 3. The molecule has 1 heterocycles. The van der Waals surface area contributed by atoms with Crippen LogP contribution in [0.25, 0.3) is 0 Å². The van der Waals surface area contributed by atoms with Gasteiger partial charge in [-0.15, -0.1) is 0 Å². The van der Waals surface area contributed by atoms with Gasteiger partial charge in [0.1, 0.15) is 0 Å². The first-order chi connectivity index (χ1) is 6.43. The molecule has 0 amide bonds. The highest BCUT2D eigenvalue weighted by molar-refractivity contribution is 5.15. The number of rotatable bonds is 0. The van der Waals surface area contributed by atoms with E-state index < -0.39 is 23.3 Å². The van der Waals surface area contributed by atoms with Crippen LogP contribution in [0.4, 0.5) is 0 Å². The van der Waals surface area contributed by atoms with Crippen molar-refractivity contribution >= 4 is 0 Å². The summed E-state index contributed by atoms with van der Waals surface area (Å²) in [5.74, 6) is 0. The Bertz CT molecular complexity index is 233. The minimum Gasteiger partial charge on any atom is -0.388 e. The molecule has 0 saturated carbocycles. The van der Waals surface area contributed by atoms with Crippen molar-refractivity contribution in [3.8, 4) is 0 Å². The lowest BCUT2D eigenvalue weighted by Crippen LogP contribution is -2.60. The maximum absolute atomic E-state index is 10.1. The summed E-state index contributed by atoms with van der Waals surface area (Å²) in [6, 6.07) is 0. The third-order valence-corrected chi connectivity index (χ3v) is 3.57. The monoisotopic (exact) mass is 215 g/mol. The fraction of sp³-hybridized carbons (Fsp3) is 1.00. The first-order valence-electron chi connectivity index (χ1n) is 5.60. The van der Waals surface area contributed by atoms with Gasteiger partial charge >= 0.3 is 0 Å². The average molecular weight is 215 g/mol. The molecule has 0 radical (unpaired) electrons. The predicted molar refractivity (Wildman–Crippen MR) is 61.8 cm³/mol. The van der Waals surface area contributed by atoms with Crippen molar-refractivity contribution < 1.29 is 10.2 Å². The standard InChI is InChI=1S/C12H25NO2/c1-10(2,3)13-11(4,5)8(14)9(15)12(13,6)7/h8-9,14-15H,1-7H3/t8-,9-/m0/s1. The van der Waals surface area contributed by atoms with Crippen molar-refractivity contribution in [2.75, 3.05) is 0 Å². The van der Waals surface area contributed by atoms with Crippen LogP contribution >= 0.6 is 0 Å². The van der Waals surface area contributed by atoms with E-state index in [2.05, 4.69) is 25.7 Å². The normalized spacial score (nSPS) is 35.8. The van der Waals surface area contributed by atoms with E-state index in [1.807, 2.05) is 27.7 Å². The van der Waals surface area contributed by atoms with Crippen LogP contribution in [0.2, 0.25) is 0 Å². The largest absolute Gasteiger partial charge is 0.388 e. The molecule has 1 fully saturated rings. The summed E-state index contributed by atoms with van der Waals surface area (Å²) in [5, 5.41) is 20.2. The van der Waals surface area contributed by atoms with Gasteiger partial charge in [0, 0.05) is 16.6 Å². The van der Waals surface area contributed by atoms with Gasteiger partial charge in [0.25, 0.3) is 0 Å². The molecule has 15 heavy (non-hydrogen) atoms.